The number of esters is 2. The van der Waals surface area contributed by atoms with Crippen LogP contribution in [-0.4, -0.2) is 56.3 Å². The molecule has 10 heteroatoms. The molecule has 0 fully saturated rings. The summed E-state index contributed by atoms with van der Waals surface area (Å²) < 4.78 is 33.0. The molecule has 0 radical (unpaired) electrons. The first-order valence-electron chi connectivity index (χ1n) is 21.8. The summed E-state index contributed by atoms with van der Waals surface area (Å²) in [7, 11) is -2.71. The molecule has 0 spiro atoms. The van der Waals surface area contributed by atoms with Gasteiger partial charge >= 0.3 is 19.8 Å². The molecule has 0 rings (SSSR count). The van der Waals surface area contributed by atoms with Gasteiger partial charge < -0.3 is 19.7 Å². The van der Waals surface area contributed by atoms with Gasteiger partial charge in [-0.15, -0.1) is 0 Å². The lowest BCUT2D eigenvalue weighted by molar-refractivity contribution is -0.161. The zero-order chi connectivity index (χ0) is 42.5. The average molecular weight is 828 g/mol. The molecule has 0 amide bonds. The molecule has 0 saturated carbocycles. The molecule has 328 valence electrons. The van der Waals surface area contributed by atoms with E-state index < -0.39 is 32.5 Å². The van der Waals surface area contributed by atoms with Gasteiger partial charge in [-0.25, -0.2) is 4.57 Å². The first-order chi connectivity index (χ1) is 28.3. The average Bonchev–Trinajstić information content (AvgIpc) is 3.21. The van der Waals surface area contributed by atoms with E-state index in [1.54, 1.807) is 7.05 Å². The van der Waals surface area contributed by atoms with Crippen molar-refractivity contribution >= 4 is 19.8 Å². The fraction of sp³-hybridized carbons (Fsp3) is 0.583. The maximum absolute atomic E-state index is 12.6. The largest absolute Gasteiger partial charge is 0.472 e. The van der Waals surface area contributed by atoms with Crippen molar-refractivity contribution in [2.24, 2.45) is 0 Å². The quantitative estimate of drug-likeness (QED) is 0.0270. The molecule has 0 aromatic rings. The number of nitrogens with one attached hydrogen (secondary N) is 1. The summed E-state index contributed by atoms with van der Waals surface area (Å²) >= 11 is 0. The number of likely N-dealkylation sites (N-methyl/N-ethyl adjacent to an activating group) is 1. The van der Waals surface area contributed by atoms with E-state index in [9.17, 15) is 19.0 Å². The van der Waals surface area contributed by atoms with Gasteiger partial charge in [0.2, 0.25) is 0 Å². The molecule has 2 unspecified atom stereocenters. The Morgan fingerprint density at radius 3 is 1.38 bits per heavy atom. The van der Waals surface area contributed by atoms with Crippen molar-refractivity contribution in [1.29, 1.82) is 0 Å². The lowest BCUT2D eigenvalue weighted by Crippen LogP contribution is -2.29. The van der Waals surface area contributed by atoms with E-state index in [4.69, 9.17) is 18.5 Å². The topological polar surface area (TPSA) is 120 Å². The van der Waals surface area contributed by atoms with Crippen molar-refractivity contribution in [2.75, 3.05) is 33.4 Å². The van der Waals surface area contributed by atoms with Crippen molar-refractivity contribution in [1.82, 2.24) is 5.32 Å². The van der Waals surface area contributed by atoms with Crippen LogP contribution in [0, 0.1) is 0 Å². The van der Waals surface area contributed by atoms with E-state index in [2.05, 4.69) is 110 Å². The fourth-order valence-corrected chi connectivity index (χ4v) is 5.81. The summed E-state index contributed by atoms with van der Waals surface area (Å²) in [6, 6.07) is 0. The number of carbonyl (C=O) groups is 2. The van der Waals surface area contributed by atoms with E-state index in [-0.39, 0.29) is 26.1 Å². The molecule has 0 aliphatic rings. The van der Waals surface area contributed by atoms with Crippen LogP contribution in [-0.2, 0) is 32.7 Å². The Kier molecular flexibility index (Phi) is 40.8. The lowest BCUT2D eigenvalue weighted by Gasteiger charge is -2.19. The SMILES string of the molecule is CCCCC/C=C\C/C=C\C/C=C\C/C=C\C/C=C\CCC(=O)OCC(COP(=O)(O)OCCNC)OC(=O)CCC/C=C\C/C=C\C/C=C\C/C=C\CCCCC. The van der Waals surface area contributed by atoms with Gasteiger partial charge in [0.05, 0.1) is 13.2 Å². The van der Waals surface area contributed by atoms with Gasteiger partial charge in [-0.3, -0.25) is 18.6 Å². The number of allylic oxidation sites excluding steroid dienone is 18. The number of unbranched alkanes of at least 4 members (excludes halogenated alkanes) is 7. The van der Waals surface area contributed by atoms with Crippen molar-refractivity contribution < 1.29 is 37.6 Å². The normalized spacial score (nSPS) is 14.3. The highest BCUT2D eigenvalue weighted by Crippen LogP contribution is 2.43. The van der Waals surface area contributed by atoms with Gasteiger partial charge in [0.1, 0.15) is 6.61 Å². The summed E-state index contributed by atoms with van der Waals surface area (Å²) in [5.41, 5.74) is 0. The second kappa shape index (κ2) is 43.3. The number of carbonyl (C=O) groups excluding carboxylic acids is 2. The van der Waals surface area contributed by atoms with Crippen LogP contribution in [0.5, 0.6) is 0 Å². The minimum absolute atomic E-state index is 0.0445. The van der Waals surface area contributed by atoms with Crippen molar-refractivity contribution in [2.45, 2.75) is 148 Å². The summed E-state index contributed by atoms with van der Waals surface area (Å²) in [5.74, 6) is -0.981. The van der Waals surface area contributed by atoms with E-state index >= 15 is 0 Å². The molecule has 2 atom stereocenters. The first-order valence-corrected chi connectivity index (χ1v) is 23.3. The maximum atomic E-state index is 12.6. The number of hydrogen-bond acceptors (Lipinski definition) is 8. The highest BCUT2D eigenvalue weighted by molar-refractivity contribution is 7.47. The third-order valence-electron chi connectivity index (χ3n) is 8.38. The highest BCUT2D eigenvalue weighted by atomic mass is 31.2. The number of phosphoric acid groups is 1. The Bertz CT molecular complexity index is 1310. The number of ether oxygens (including phenoxy) is 2. The predicted octanol–water partition coefficient (Wildman–Crippen LogP) is 12.6. The molecule has 0 aliphatic carbocycles. The van der Waals surface area contributed by atoms with Gasteiger partial charge in [0.15, 0.2) is 6.10 Å². The Labute approximate surface area is 352 Å². The molecular formula is C48H78NO8P. The molecule has 0 aromatic carbocycles. The zero-order valence-electron chi connectivity index (χ0n) is 36.2. The Hall–Kier alpha value is -3.33. The fourth-order valence-electron chi connectivity index (χ4n) is 5.06. The number of hydrogen-bond donors (Lipinski definition) is 2. The second-order valence-corrected chi connectivity index (χ2v) is 15.3. The minimum Gasteiger partial charge on any atom is -0.462 e. The van der Waals surface area contributed by atoms with Crippen LogP contribution in [0.25, 0.3) is 0 Å². The molecule has 2 N–H and O–H groups in total. The van der Waals surface area contributed by atoms with E-state index in [0.717, 1.165) is 51.4 Å². The molecule has 0 saturated heterocycles. The van der Waals surface area contributed by atoms with Crippen LogP contribution in [0.2, 0.25) is 0 Å². The van der Waals surface area contributed by atoms with Crippen LogP contribution < -0.4 is 5.32 Å². The number of rotatable bonds is 39. The second-order valence-electron chi connectivity index (χ2n) is 13.8. The molecule has 0 heterocycles. The zero-order valence-corrected chi connectivity index (χ0v) is 37.1. The molecule has 0 bridgehead atoms. The van der Waals surface area contributed by atoms with Gasteiger partial charge in [-0.2, -0.15) is 0 Å². The molecule has 9 nitrogen and oxygen atoms in total. The highest BCUT2D eigenvalue weighted by Gasteiger charge is 2.26. The minimum atomic E-state index is -4.39. The lowest BCUT2D eigenvalue weighted by atomic mass is 10.2. The van der Waals surface area contributed by atoms with Crippen LogP contribution >= 0.6 is 7.82 Å². The third kappa shape index (κ3) is 42.3. The van der Waals surface area contributed by atoms with E-state index in [0.29, 0.717) is 25.8 Å². The Morgan fingerprint density at radius 1 is 0.534 bits per heavy atom. The van der Waals surface area contributed by atoms with E-state index in [1.807, 2.05) is 18.2 Å². The summed E-state index contributed by atoms with van der Waals surface area (Å²) in [4.78, 5) is 35.0. The van der Waals surface area contributed by atoms with Crippen molar-refractivity contribution in [3.63, 3.8) is 0 Å². The van der Waals surface area contributed by atoms with Gasteiger partial charge in [0.25, 0.3) is 0 Å². The van der Waals surface area contributed by atoms with E-state index in [1.165, 1.54) is 44.9 Å². The molecular weight excluding hydrogens is 750 g/mol. The summed E-state index contributed by atoms with van der Waals surface area (Å²) in [5, 5.41) is 2.81. The number of phosphoric ester groups is 1. The van der Waals surface area contributed by atoms with Gasteiger partial charge in [-0.1, -0.05) is 149 Å². The van der Waals surface area contributed by atoms with Gasteiger partial charge in [0, 0.05) is 19.4 Å². The predicted molar refractivity (Wildman–Crippen MR) is 242 cm³/mol. The first kappa shape index (κ1) is 54.7. The molecule has 0 aliphatic heterocycles. The molecule has 58 heavy (non-hydrogen) atoms. The van der Waals surface area contributed by atoms with Crippen molar-refractivity contribution in [3.05, 3.63) is 109 Å². The Morgan fingerprint density at radius 2 is 0.948 bits per heavy atom. The van der Waals surface area contributed by atoms with Crippen LogP contribution in [0.15, 0.2) is 109 Å². The van der Waals surface area contributed by atoms with Crippen molar-refractivity contribution in [3.8, 4) is 0 Å². The smallest absolute Gasteiger partial charge is 0.462 e. The maximum Gasteiger partial charge on any atom is 0.472 e. The standard InChI is InChI=1S/C48H78NO8P/c1-4-6-8-10-12-14-16-18-20-22-23-25-26-28-30-32-34-36-38-40-47(50)54-44-46(45-56-58(52,53)55-43-42-49-3)57-48(51)41-39-37-35-33-31-29-27-24-21-19-17-15-13-11-9-7-5-2/h12-15,18-21,23,25,27-30,33-36,46,49H,4-11,16-17,22,24,26,31-32,37-45H2,1-3H3,(H,52,53)/b14-12-,15-13-,20-18-,21-19-,25-23-,29-27-,30-28-,35-33-,36-34-. The third-order valence-corrected chi connectivity index (χ3v) is 9.36. The summed E-state index contributed by atoms with van der Waals surface area (Å²) in [6.45, 7) is 3.99. The monoisotopic (exact) mass is 828 g/mol. The van der Waals surface area contributed by atoms with Gasteiger partial charge in [-0.05, 0) is 96.9 Å². The molecule has 0 aromatic heterocycles. The summed E-state index contributed by atoms with van der Waals surface area (Å²) in [6.07, 6.45) is 55.8. The van der Waals surface area contributed by atoms with Crippen LogP contribution in [0.4, 0.5) is 0 Å². The van der Waals surface area contributed by atoms with Crippen LogP contribution in [0.1, 0.15) is 142 Å². The van der Waals surface area contributed by atoms with Crippen LogP contribution in [0.3, 0.4) is 0 Å². The Balaban J connectivity index is 4.47.